The summed E-state index contributed by atoms with van der Waals surface area (Å²) in [5.41, 5.74) is 1.74. The second kappa shape index (κ2) is 11.7. The number of anilines is 1. The zero-order valence-electron chi connectivity index (χ0n) is 17.1. The van der Waals surface area contributed by atoms with E-state index < -0.39 is 0 Å². The molecule has 2 fully saturated rings. The van der Waals surface area contributed by atoms with Crippen molar-refractivity contribution in [1.29, 1.82) is 0 Å². The van der Waals surface area contributed by atoms with Gasteiger partial charge in [-0.05, 0) is 30.2 Å². The smallest absolute Gasteiger partial charge is 0.322 e. The Kier molecular flexibility index (Phi) is 9.36. The van der Waals surface area contributed by atoms with Crippen LogP contribution in [0.1, 0.15) is 12.0 Å². The predicted octanol–water partition coefficient (Wildman–Crippen LogP) is 2.72. The number of fused-ring (bicyclic) bond motifs is 2. The first-order valence-electron chi connectivity index (χ1n) is 9.96. The average Bonchev–Trinajstić information content (AvgIpc) is 3.17. The molecule has 4 rings (SSSR count). The number of nitrogens with one attached hydrogen (secondary N) is 3. The standard InChI is InChI=1S/C21H26N6O2.2ClH/c28-20(23-12-16-5-4-9-22-11-16)24-13-19-15-27(18-8-10-26(19)14-18)21(29)25-17-6-2-1-3-7-17;;/h1-7,9,11,18-19H,8,10,12-15H2,(H,25,29)(H2,23,24,28);2*1H. The maximum absolute atomic E-state index is 12.8. The number of nitrogens with zero attached hydrogens (tertiary/aromatic N) is 3. The van der Waals surface area contributed by atoms with Crippen LogP contribution in [0.3, 0.4) is 0 Å². The summed E-state index contributed by atoms with van der Waals surface area (Å²) in [6.07, 6.45) is 4.40. The van der Waals surface area contributed by atoms with E-state index in [4.69, 9.17) is 0 Å². The van der Waals surface area contributed by atoms with Crippen LogP contribution < -0.4 is 16.0 Å². The molecule has 2 aromatic rings. The van der Waals surface area contributed by atoms with E-state index in [0.29, 0.717) is 19.6 Å². The quantitative estimate of drug-likeness (QED) is 0.631. The average molecular weight is 467 g/mol. The number of carbonyl (C=O) groups excluding carboxylic acids is 2. The maximum atomic E-state index is 12.8. The van der Waals surface area contributed by atoms with Crippen molar-refractivity contribution in [3.05, 3.63) is 60.4 Å². The Morgan fingerprint density at radius 1 is 1.03 bits per heavy atom. The third-order valence-electron chi connectivity index (χ3n) is 5.52. The minimum atomic E-state index is -0.213. The van der Waals surface area contributed by atoms with E-state index >= 15 is 0 Å². The number of para-hydroxylation sites is 1. The van der Waals surface area contributed by atoms with E-state index in [9.17, 15) is 9.59 Å². The van der Waals surface area contributed by atoms with Crippen LogP contribution in [-0.4, -0.2) is 65.1 Å². The molecule has 0 aliphatic carbocycles. The number of halogens is 2. The summed E-state index contributed by atoms with van der Waals surface area (Å²) in [6.45, 7) is 3.34. The van der Waals surface area contributed by atoms with Gasteiger partial charge in [-0.2, -0.15) is 0 Å². The summed E-state index contributed by atoms with van der Waals surface area (Å²) < 4.78 is 0. The van der Waals surface area contributed by atoms with Crippen LogP contribution in [-0.2, 0) is 6.54 Å². The van der Waals surface area contributed by atoms with Gasteiger partial charge in [0.15, 0.2) is 0 Å². The van der Waals surface area contributed by atoms with Crippen molar-refractivity contribution >= 4 is 42.6 Å². The Hall–Kier alpha value is -2.55. The van der Waals surface area contributed by atoms with Crippen molar-refractivity contribution in [3.8, 4) is 0 Å². The summed E-state index contributed by atoms with van der Waals surface area (Å²) in [5.74, 6) is 0. The molecule has 2 aliphatic rings. The lowest BCUT2D eigenvalue weighted by atomic mass is 10.1. The van der Waals surface area contributed by atoms with Crippen molar-refractivity contribution in [3.63, 3.8) is 0 Å². The highest BCUT2D eigenvalue weighted by Crippen LogP contribution is 2.25. The Morgan fingerprint density at radius 3 is 2.58 bits per heavy atom. The molecule has 3 N–H and O–H groups in total. The Bertz CT molecular complexity index is 842. The van der Waals surface area contributed by atoms with Crippen molar-refractivity contribution in [2.75, 3.05) is 31.5 Å². The van der Waals surface area contributed by atoms with E-state index in [1.807, 2.05) is 47.4 Å². The summed E-state index contributed by atoms with van der Waals surface area (Å²) in [6, 6.07) is 13.3. The third kappa shape index (κ3) is 6.46. The van der Waals surface area contributed by atoms with Crippen LogP contribution in [0.2, 0.25) is 0 Å². The van der Waals surface area contributed by atoms with Gasteiger partial charge in [0.1, 0.15) is 0 Å². The van der Waals surface area contributed by atoms with E-state index in [1.54, 1.807) is 12.4 Å². The molecule has 0 radical (unpaired) electrons. The van der Waals surface area contributed by atoms with Gasteiger partial charge in [0.2, 0.25) is 0 Å². The van der Waals surface area contributed by atoms with Gasteiger partial charge >= 0.3 is 12.1 Å². The molecule has 168 valence electrons. The number of amides is 4. The highest BCUT2D eigenvalue weighted by Gasteiger charge is 2.40. The molecule has 10 heteroatoms. The van der Waals surface area contributed by atoms with Gasteiger partial charge < -0.3 is 20.9 Å². The van der Waals surface area contributed by atoms with Crippen molar-refractivity contribution in [1.82, 2.24) is 25.4 Å². The molecule has 3 atom stereocenters. The molecule has 31 heavy (non-hydrogen) atoms. The Morgan fingerprint density at radius 2 is 1.84 bits per heavy atom. The Balaban J connectivity index is 0.00000171. The van der Waals surface area contributed by atoms with Gasteiger partial charge in [0, 0.05) is 62.9 Å². The van der Waals surface area contributed by atoms with E-state index in [0.717, 1.165) is 30.8 Å². The number of carbonyl (C=O) groups is 2. The van der Waals surface area contributed by atoms with Crippen LogP contribution >= 0.6 is 24.8 Å². The molecule has 2 saturated heterocycles. The summed E-state index contributed by atoms with van der Waals surface area (Å²) >= 11 is 0. The molecule has 3 heterocycles. The lowest BCUT2D eigenvalue weighted by molar-refractivity contribution is 0.109. The molecule has 8 nitrogen and oxygen atoms in total. The lowest BCUT2D eigenvalue weighted by Gasteiger charge is -2.40. The molecule has 0 spiro atoms. The molecule has 0 saturated carbocycles. The van der Waals surface area contributed by atoms with Crippen LogP contribution in [0, 0.1) is 0 Å². The molecule has 1 aromatic heterocycles. The second-order valence-corrected chi connectivity index (χ2v) is 7.46. The normalized spacial score (nSPS) is 21.3. The van der Waals surface area contributed by atoms with E-state index in [-0.39, 0.29) is 49.0 Å². The van der Waals surface area contributed by atoms with Crippen molar-refractivity contribution < 1.29 is 9.59 Å². The van der Waals surface area contributed by atoms with E-state index in [1.165, 1.54) is 0 Å². The number of aromatic nitrogens is 1. The number of hydrogen-bond acceptors (Lipinski definition) is 4. The predicted molar refractivity (Wildman–Crippen MR) is 125 cm³/mol. The van der Waals surface area contributed by atoms with Gasteiger partial charge in [-0.15, -0.1) is 24.8 Å². The molecular formula is C21H28Cl2N6O2. The van der Waals surface area contributed by atoms with Gasteiger partial charge in [-0.25, -0.2) is 9.59 Å². The Labute approximate surface area is 194 Å². The molecule has 2 aliphatic heterocycles. The minimum absolute atomic E-state index is 0. The summed E-state index contributed by atoms with van der Waals surface area (Å²) in [4.78, 5) is 33.3. The number of urea groups is 2. The number of rotatable bonds is 5. The molecule has 1 aromatic carbocycles. The molecular weight excluding hydrogens is 439 g/mol. The van der Waals surface area contributed by atoms with Gasteiger partial charge in [0.05, 0.1) is 0 Å². The summed E-state index contributed by atoms with van der Waals surface area (Å²) in [7, 11) is 0. The fourth-order valence-corrected chi connectivity index (χ4v) is 3.96. The minimum Gasteiger partial charge on any atom is -0.337 e. The highest BCUT2D eigenvalue weighted by atomic mass is 35.5. The lowest BCUT2D eigenvalue weighted by Crippen LogP contribution is -2.58. The SMILES string of the molecule is Cl.Cl.O=C(NCc1cccnc1)NCC1CN(C(=O)Nc2ccccc2)C2CCN1C2. The first-order chi connectivity index (χ1) is 14.2. The monoisotopic (exact) mass is 466 g/mol. The fraction of sp³-hybridized carbons (Fsp3) is 0.381. The van der Waals surface area contributed by atoms with Crippen LogP contribution in [0.4, 0.5) is 15.3 Å². The zero-order chi connectivity index (χ0) is 20.1. The van der Waals surface area contributed by atoms with Gasteiger partial charge in [-0.1, -0.05) is 24.3 Å². The molecule has 3 unspecified atom stereocenters. The number of benzene rings is 1. The first kappa shape index (κ1) is 24.7. The first-order valence-corrected chi connectivity index (χ1v) is 9.96. The molecule has 4 amide bonds. The number of hydrogen-bond donors (Lipinski definition) is 3. The molecule has 2 bridgehead atoms. The van der Waals surface area contributed by atoms with Crippen molar-refractivity contribution in [2.24, 2.45) is 0 Å². The third-order valence-corrected chi connectivity index (χ3v) is 5.52. The van der Waals surface area contributed by atoms with Crippen LogP contribution in [0.5, 0.6) is 0 Å². The van der Waals surface area contributed by atoms with Crippen molar-refractivity contribution in [2.45, 2.75) is 25.0 Å². The van der Waals surface area contributed by atoms with Crippen LogP contribution in [0.15, 0.2) is 54.9 Å². The summed E-state index contributed by atoms with van der Waals surface area (Å²) in [5, 5.41) is 8.77. The van der Waals surface area contributed by atoms with Gasteiger partial charge in [-0.3, -0.25) is 9.88 Å². The second-order valence-electron chi connectivity index (χ2n) is 7.46. The van der Waals surface area contributed by atoms with Crippen LogP contribution in [0.25, 0.3) is 0 Å². The van der Waals surface area contributed by atoms with E-state index in [2.05, 4.69) is 25.8 Å². The largest absolute Gasteiger partial charge is 0.337 e. The topological polar surface area (TPSA) is 89.6 Å². The van der Waals surface area contributed by atoms with Gasteiger partial charge in [0.25, 0.3) is 0 Å². The number of pyridine rings is 1. The fourth-order valence-electron chi connectivity index (χ4n) is 3.96. The maximum Gasteiger partial charge on any atom is 0.322 e. The zero-order valence-corrected chi connectivity index (χ0v) is 18.7. The number of piperazine rings is 1. The highest BCUT2D eigenvalue weighted by molar-refractivity contribution is 5.89.